The minimum Gasteiger partial charge on any atom is -0.455 e. The fourth-order valence-electron chi connectivity index (χ4n) is 5.14. The Kier molecular flexibility index (Phi) is 8.85. The lowest BCUT2D eigenvalue weighted by molar-refractivity contribution is -0.134. The van der Waals surface area contributed by atoms with E-state index in [-0.39, 0.29) is 16.4 Å². The molecule has 2 aliphatic heterocycles. The fourth-order valence-corrected chi connectivity index (χ4v) is 6.46. The van der Waals surface area contributed by atoms with Crippen molar-refractivity contribution >= 4 is 68.0 Å². The van der Waals surface area contributed by atoms with Gasteiger partial charge in [0.15, 0.2) is 10.9 Å². The summed E-state index contributed by atoms with van der Waals surface area (Å²) in [6.45, 7) is 11.0. The molecule has 41 heavy (non-hydrogen) atoms. The van der Waals surface area contributed by atoms with E-state index in [0.717, 1.165) is 60.2 Å². The first-order valence-corrected chi connectivity index (χ1v) is 15.7. The first kappa shape index (κ1) is 29.0. The average Bonchev–Trinajstić information content (AvgIpc) is 3.41. The van der Waals surface area contributed by atoms with Gasteiger partial charge in [0, 0.05) is 43.5 Å². The summed E-state index contributed by atoms with van der Waals surface area (Å²) in [5.74, 6) is 0.0302. The van der Waals surface area contributed by atoms with Crippen molar-refractivity contribution in [3.05, 3.63) is 64.4 Å². The number of carbonyl (C=O) groups excluding carboxylic acids is 2. The average molecular weight is 589 g/mol. The van der Waals surface area contributed by atoms with Crippen molar-refractivity contribution in [2.45, 2.75) is 53.4 Å². The molecule has 0 aliphatic carbocycles. The van der Waals surface area contributed by atoms with Crippen LogP contribution in [0.25, 0.3) is 21.9 Å². The molecule has 0 unspecified atom stereocenters. The van der Waals surface area contributed by atoms with Crippen molar-refractivity contribution in [1.82, 2.24) is 14.8 Å². The predicted molar refractivity (Wildman–Crippen MR) is 171 cm³/mol. The molecular weight excluding hydrogens is 553 g/mol. The molecule has 0 N–H and O–H groups in total. The van der Waals surface area contributed by atoms with Gasteiger partial charge in [0.25, 0.3) is 11.8 Å². The van der Waals surface area contributed by atoms with Crippen LogP contribution in [-0.4, -0.2) is 57.9 Å². The number of hydrogen-bond acceptors (Lipinski definition) is 7. The number of anilines is 1. The van der Waals surface area contributed by atoms with Gasteiger partial charge in [0.05, 0.1) is 15.8 Å². The zero-order chi connectivity index (χ0) is 29.1. The van der Waals surface area contributed by atoms with Gasteiger partial charge in [-0.15, -0.1) is 11.3 Å². The summed E-state index contributed by atoms with van der Waals surface area (Å²) < 4.78 is 7.63. The topological polar surface area (TPSA) is 66.0 Å². The quantitative estimate of drug-likeness (QED) is 0.146. The van der Waals surface area contributed by atoms with Crippen LogP contribution >= 0.6 is 23.6 Å². The zero-order valence-electron chi connectivity index (χ0n) is 24.1. The van der Waals surface area contributed by atoms with Crippen LogP contribution in [0.3, 0.4) is 0 Å². The Bertz CT molecular complexity index is 1490. The summed E-state index contributed by atoms with van der Waals surface area (Å²) in [7, 11) is 0. The lowest BCUT2D eigenvalue weighted by atomic mass is 9.98. The molecule has 0 radical (unpaired) electrons. The van der Waals surface area contributed by atoms with Crippen LogP contribution in [0.4, 0.5) is 5.69 Å². The summed E-state index contributed by atoms with van der Waals surface area (Å²) >= 11 is 7.22. The SMILES string of the molecule is CCCCN1C(=O)C(=C2Oc3cc(N(CC)CC)ccc3C=C2c2nc3ccccc3s2)C(=O)N(CCCC)C1=S. The van der Waals surface area contributed by atoms with Gasteiger partial charge in [-0.3, -0.25) is 19.4 Å². The van der Waals surface area contributed by atoms with Crippen molar-refractivity contribution in [3.8, 4) is 5.75 Å². The summed E-state index contributed by atoms with van der Waals surface area (Å²) in [4.78, 5) is 38.5. The highest BCUT2D eigenvalue weighted by Crippen LogP contribution is 2.43. The number of fused-ring (bicyclic) bond motifs is 2. The Morgan fingerprint density at radius 3 is 2.20 bits per heavy atom. The maximum atomic E-state index is 14.1. The third-order valence-corrected chi connectivity index (χ3v) is 8.99. The lowest BCUT2D eigenvalue weighted by Gasteiger charge is -2.37. The monoisotopic (exact) mass is 588 g/mol. The smallest absolute Gasteiger partial charge is 0.269 e. The second-order valence-electron chi connectivity index (χ2n) is 10.1. The molecule has 2 aliphatic rings. The second kappa shape index (κ2) is 12.5. The number of rotatable bonds is 10. The van der Waals surface area contributed by atoms with E-state index in [2.05, 4.69) is 38.7 Å². The van der Waals surface area contributed by atoms with Gasteiger partial charge >= 0.3 is 0 Å². The highest BCUT2D eigenvalue weighted by Gasteiger charge is 2.43. The van der Waals surface area contributed by atoms with E-state index >= 15 is 0 Å². The van der Waals surface area contributed by atoms with E-state index < -0.39 is 11.8 Å². The standard InChI is InChI=1S/C32H36N4O3S2/c1-5-9-17-35-30(37)27(31(38)36(32(35)40)18-10-6-2)28-23(29-33-24-13-11-12-14-26(24)41-29)19-21-15-16-22(20-25(21)39-28)34(7-3)8-4/h11-16,19-20H,5-10,17-18H2,1-4H3. The van der Waals surface area contributed by atoms with Gasteiger partial charge in [-0.25, -0.2) is 4.98 Å². The minimum absolute atomic E-state index is 0.00945. The van der Waals surface area contributed by atoms with Crippen molar-refractivity contribution in [3.63, 3.8) is 0 Å². The first-order valence-electron chi connectivity index (χ1n) is 14.5. The van der Waals surface area contributed by atoms with Crippen LogP contribution in [0.1, 0.15) is 63.9 Å². The molecule has 1 fully saturated rings. The van der Waals surface area contributed by atoms with E-state index in [4.69, 9.17) is 21.9 Å². The van der Waals surface area contributed by atoms with Gasteiger partial charge in [-0.2, -0.15) is 0 Å². The summed E-state index contributed by atoms with van der Waals surface area (Å²) in [6, 6.07) is 14.0. The molecule has 7 nitrogen and oxygen atoms in total. The number of amides is 2. The molecule has 0 atom stereocenters. The predicted octanol–water partition coefficient (Wildman–Crippen LogP) is 6.89. The summed E-state index contributed by atoms with van der Waals surface area (Å²) in [5, 5.41) is 0.970. The largest absolute Gasteiger partial charge is 0.455 e. The molecule has 2 amide bonds. The van der Waals surface area contributed by atoms with Crippen LogP contribution in [-0.2, 0) is 9.59 Å². The normalized spacial score (nSPS) is 15.4. The Morgan fingerprint density at radius 1 is 0.927 bits per heavy atom. The summed E-state index contributed by atoms with van der Waals surface area (Å²) in [5.41, 5.74) is 3.39. The Balaban J connectivity index is 1.72. The maximum absolute atomic E-state index is 14.1. The van der Waals surface area contributed by atoms with Gasteiger partial charge in [-0.1, -0.05) is 38.8 Å². The fraction of sp³-hybridized carbons (Fsp3) is 0.375. The molecule has 1 aromatic heterocycles. The van der Waals surface area contributed by atoms with E-state index in [9.17, 15) is 9.59 Å². The molecule has 9 heteroatoms. The van der Waals surface area contributed by atoms with Crippen LogP contribution in [0.15, 0.2) is 53.8 Å². The second-order valence-corrected chi connectivity index (χ2v) is 11.5. The van der Waals surface area contributed by atoms with E-state index in [1.807, 2.05) is 42.5 Å². The van der Waals surface area contributed by atoms with Crippen molar-refractivity contribution < 1.29 is 14.3 Å². The number of benzene rings is 2. The van der Waals surface area contributed by atoms with Crippen molar-refractivity contribution in [2.24, 2.45) is 0 Å². The number of para-hydroxylation sites is 1. The number of thiocarbonyl (C=S) groups is 1. The van der Waals surface area contributed by atoms with Gasteiger partial charge in [0.2, 0.25) is 0 Å². The number of allylic oxidation sites excluding steroid dienone is 1. The lowest BCUT2D eigenvalue weighted by Crippen LogP contribution is -2.57. The first-order chi connectivity index (χ1) is 19.9. The zero-order valence-corrected chi connectivity index (χ0v) is 25.7. The summed E-state index contributed by atoms with van der Waals surface area (Å²) in [6.07, 6.45) is 5.35. The number of nitrogens with zero attached hydrogens (tertiary/aromatic N) is 4. The van der Waals surface area contributed by atoms with Crippen LogP contribution in [0.5, 0.6) is 5.75 Å². The Labute approximate surface area is 251 Å². The molecule has 0 spiro atoms. The van der Waals surface area contributed by atoms with Crippen molar-refractivity contribution in [2.75, 3.05) is 31.1 Å². The molecule has 0 saturated carbocycles. The molecule has 3 aromatic rings. The number of carbonyl (C=O) groups is 2. The number of hydrogen-bond donors (Lipinski definition) is 0. The molecule has 0 bridgehead atoms. The molecule has 1 saturated heterocycles. The van der Waals surface area contributed by atoms with E-state index in [1.165, 1.54) is 11.3 Å². The molecule has 5 rings (SSSR count). The number of ether oxygens (including phenoxy) is 1. The van der Waals surface area contributed by atoms with Gasteiger partial charge in [-0.05, 0) is 69.2 Å². The minimum atomic E-state index is -0.411. The van der Waals surface area contributed by atoms with Crippen LogP contribution < -0.4 is 9.64 Å². The third kappa shape index (κ3) is 5.53. The van der Waals surface area contributed by atoms with E-state index in [0.29, 0.717) is 29.4 Å². The van der Waals surface area contributed by atoms with Gasteiger partial charge in [0.1, 0.15) is 16.3 Å². The highest BCUT2D eigenvalue weighted by atomic mass is 32.1. The Hall–Kier alpha value is -3.56. The number of thiazole rings is 1. The molecule has 2 aromatic carbocycles. The molecular formula is C32H36N4O3S2. The van der Waals surface area contributed by atoms with Crippen LogP contribution in [0.2, 0.25) is 0 Å². The molecule has 3 heterocycles. The molecule has 214 valence electrons. The maximum Gasteiger partial charge on any atom is 0.269 e. The number of unbranched alkanes of at least 4 members (excludes halogenated alkanes) is 2. The Morgan fingerprint density at radius 2 is 1.59 bits per heavy atom. The number of aromatic nitrogens is 1. The van der Waals surface area contributed by atoms with E-state index in [1.54, 1.807) is 9.80 Å². The van der Waals surface area contributed by atoms with Crippen LogP contribution in [0, 0.1) is 0 Å². The van der Waals surface area contributed by atoms with Gasteiger partial charge < -0.3 is 9.64 Å². The third-order valence-electron chi connectivity index (χ3n) is 7.48. The highest BCUT2D eigenvalue weighted by molar-refractivity contribution is 7.80. The van der Waals surface area contributed by atoms with Crippen molar-refractivity contribution in [1.29, 1.82) is 0 Å².